The van der Waals surface area contributed by atoms with Crippen molar-refractivity contribution < 1.29 is 18.3 Å². The lowest BCUT2D eigenvalue weighted by atomic mass is 10.0. The second-order valence-electron chi connectivity index (χ2n) is 2.73. The number of halogens is 3. The summed E-state index contributed by atoms with van der Waals surface area (Å²) in [5.74, 6) is 0. The van der Waals surface area contributed by atoms with Gasteiger partial charge in [-0.2, -0.15) is 13.2 Å². The second kappa shape index (κ2) is 2.98. The van der Waals surface area contributed by atoms with E-state index < -0.39 is 18.3 Å². The molecule has 11 heavy (non-hydrogen) atoms. The molecule has 66 valence electrons. The van der Waals surface area contributed by atoms with Gasteiger partial charge >= 0.3 is 6.18 Å². The molecule has 0 aromatic carbocycles. The predicted octanol–water partition coefficient (Wildman–Crippen LogP) is 0.662. The van der Waals surface area contributed by atoms with Crippen LogP contribution in [0.1, 0.15) is 12.8 Å². The van der Waals surface area contributed by atoms with Crippen LogP contribution in [0.15, 0.2) is 0 Å². The minimum Gasteiger partial charge on any atom is -0.393 e. The fourth-order valence-corrected chi connectivity index (χ4v) is 1.15. The van der Waals surface area contributed by atoms with E-state index in [0.717, 1.165) is 0 Å². The van der Waals surface area contributed by atoms with Crippen molar-refractivity contribution in [2.75, 3.05) is 6.54 Å². The molecular formula is C6H10F3NO. The standard InChI is InChI=1S/C6H10F3NO/c7-6(8,9)5-3-4(11)1-2-10-5/h4-5,10-11H,1-3H2/t4-,5-/m1/s1. The van der Waals surface area contributed by atoms with Crippen molar-refractivity contribution in [3.63, 3.8) is 0 Å². The van der Waals surface area contributed by atoms with E-state index in [1.165, 1.54) is 0 Å². The van der Waals surface area contributed by atoms with Crippen LogP contribution < -0.4 is 5.32 Å². The van der Waals surface area contributed by atoms with Crippen molar-refractivity contribution in [1.82, 2.24) is 5.32 Å². The molecule has 2 N–H and O–H groups in total. The first-order chi connectivity index (χ1) is 5.00. The first kappa shape index (κ1) is 8.80. The van der Waals surface area contributed by atoms with E-state index in [-0.39, 0.29) is 13.0 Å². The third kappa shape index (κ3) is 2.34. The first-order valence-electron chi connectivity index (χ1n) is 3.48. The summed E-state index contributed by atoms with van der Waals surface area (Å²) < 4.78 is 35.8. The largest absolute Gasteiger partial charge is 0.403 e. The highest BCUT2D eigenvalue weighted by molar-refractivity contribution is 4.82. The molecule has 1 fully saturated rings. The quantitative estimate of drug-likeness (QED) is 0.558. The lowest BCUT2D eigenvalue weighted by Crippen LogP contribution is -2.49. The Kier molecular flexibility index (Phi) is 2.39. The van der Waals surface area contributed by atoms with E-state index in [2.05, 4.69) is 5.32 Å². The van der Waals surface area contributed by atoms with Crippen molar-refractivity contribution in [1.29, 1.82) is 0 Å². The van der Waals surface area contributed by atoms with Crippen molar-refractivity contribution >= 4 is 0 Å². The number of hydrogen-bond acceptors (Lipinski definition) is 2. The van der Waals surface area contributed by atoms with E-state index in [0.29, 0.717) is 6.42 Å². The zero-order valence-electron chi connectivity index (χ0n) is 5.86. The molecule has 0 saturated carbocycles. The van der Waals surface area contributed by atoms with Crippen molar-refractivity contribution in [2.24, 2.45) is 0 Å². The lowest BCUT2D eigenvalue weighted by Gasteiger charge is -2.28. The van der Waals surface area contributed by atoms with Gasteiger partial charge in [0.25, 0.3) is 0 Å². The summed E-state index contributed by atoms with van der Waals surface area (Å²) in [4.78, 5) is 0. The highest BCUT2D eigenvalue weighted by Gasteiger charge is 2.41. The third-order valence-corrected chi connectivity index (χ3v) is 1.77. The van der Waals surface area contributed by atoms with Gasteiger partial charge in [-0.25, -0.2) is 0 Å². The lowest BCUT2D eigenvalue weighted by molar-refractivity contribution is -0.167. The molecule has 0 aromatic heterocycles. The predicted molar refractivity (Wildman–Crippen MR) is 33.1 cm³/mol. The Morgan fingerprint density at radius 2 is 2.00 bits per heavy atom. The van der Waals surface area contributed by atoms with Crippen LogP contribution in [0.2, 0.25) is 0 Å². The van der Waals surface area contributed by atoms with Crippen molar-refractivity contribution in [2.45, 2.75) is 31.2 Å². The molecule has 0 aromatic rings. The number of rotatable bonds is 0. The van der Waals surface area contributed by atoms with Gasteiger partial charge in [-0.1, -0.05) is 0 Å². The van der Waals surface area contributed by atoms with Crippen LogP contribution in [0, 0.1) is 0 Å². The van der Waals surface area contributed by atoms with E-state index in [1.807, 2.05) is 0 Å². The molecule has 1 rings (SSSR count). The zero-order valence-corrected chi connectivity index (χ0v) is 5.86. The fourth-order valence-electron chi connectivity index (χ4n) is 1.15. The maximum absolute atomic E-state index is 11.9. The first-order valence-corrected chi connectivity index (χ1v) is 3.48. The molecule has 0 amide bonds. The zero-order chi connectivity index (χ0) is 8.48. The monoisotopic (exact) mass is 169 g/mol. The number of aliphatic hydroxyl groups is 1. The molecule has 0 spiro atoms. The molecule has 2 atom stereocenters. The van der Waals surface area contributed by atoms with Crippen LogP contribution in [0.25, 0.3) is 0 Å². The summed E-state index contributed by atoms with van der Waals surface area (Å²) in [6.45, 7) is 0.241. The van der Waals surface area contributed by atoms with Crippen LogP contribution in [0.5, 0.6) is 0 Å². The normalized spacial score (nSPS) is 33.8. The van der Waals surface area contributed by atoms with Gasteiger partial charge in [-0.05, 0) is 19.4 Å². The van der Waals surface area contributed by atoms with Gasteiger partial charge in [0, 0.05) is 0 Å². The van der Waals surface area contributed by atoms with Crippen LogP contribution in [-0.2, 0) is 0 Å². The summed E-state index contributed by atoms with van der Waals surface area (Å²) in [6, 6.07) is -1.52. The second-order valence-corrected chi connectivity index (χ2v) is 2.73. The number of piperidine rings is 1. The van der Waals surface area contributed by atoms with E-state index in [9.17, 15) is 13.2 Å². The Bertz CT molecular complexity index is 136. The molecule has 1 aliphatic rings. The molecular weight excluding hydrogens is 159 g/mol. The van der Waals surface area contributed by atoms with E-state index in [1.54, 1.807) is 0 Å². The van der Waals surface area contributed by atoms with Crippen LogP contribution in [-0.4, -0.2) is 30.0 Å². The van der Waals surface area contributed by atoms with E-state index in [4.69, 9.17) is 5.11 Å². The van der Waals surface area contributed by atoms with Gasteiger partial charge in [-0.3, -0.25) is 0 Å². The van der Waals surface area contributed by atoms with Gasteiger partial charge < -0.3 is 10.4 Å². The molecule has 1 aliphatic heterocycles. The Balaban J connectivity index is 2.46. The van der Waals surface area contributed by atoms with Gasteiger partial charge in [0.05, 0.1) is 6.10 Å². The van der Waals surface area contributed by atoms with Gasteiger partial charge in [0.15, 0.2) is 0 Å². The van der Waals surface area contributed by atoms with Gasteiger partial charge in [0.2, 0.25) is 0 Å². The topological polar surface area (TPSA) is 32.3 Å². The Labute approximate surface area is 62.4 Å². The highest BCUT2D eigenvalue weighted by atomic mass is 19.4. The summed E-state index contributed by atoms with van der Waals surface area (Å²) in [5, 5.41) is 11.2. The summed E-state index contributed by atoms with van der Waals surface area (Å²) in [6.07, 6.45) is -4.83. The molecule has 5 heteroatoms. The van der Waals surface area contributed by atoms with Crippen LogP contribution in [0.4, 0.5) is 13.2 Å². The van der Waals surface area contributed by atoms with Crippen LogP contribution in [0.3, 0.4) is 0 Å². The molecule has 0 unspecified atom stereocenters. The fraction of sp³-hybridized carbons (Fsp3) is 1.00. The molecule has 1 heterocycles. The molecule has 0 aliphatic carbocycles. The Morgan fingerprint density at radius 3 is 2.36 bits per heavy atom. The Hall–Kier alpha value is -0.290. The van der Waals surface area contributed by atoms with Crippen LogP contribution >= 0.6 is 0 Å². The van der Waals surface area contributed by atoms with Crippen molar-refractivity contribution in [3.8, 4) is 0 Å². The molecule has 0 radical (unpaired) electrons. The SMILES string of the molecule is O[C@@H]1CCN[C@@H](C(F)(F)F)C1. The number of hydrogen-bond donors (Lipinski definition) is 2. The summed E-state index contributed by atoms with van der Waals surface area (Å²) >= 11 is 0. The number of alkyl halides is 3. The average molecular weight is 169 g/mol. The maximum Gasteiger partial charge on any atom is 0.403 e. The average Bonchev–Trinajstić information content (AvgIpc) is 1.86. The van der Waals surface area contributed by atoms with Gasteiger partial charge in [0.1, 0.15) is 6.04 Å². The smallest absolute Gasteiger partial charge is 0.393 e. The van der Waals surface area contributed by atoms with E-state index >= 15 is 0 Å². The third-order valence-electron chi connectivity index (χ3n) is 1.77. The summed E-state index contributed by atoms with van der Waals surface area (Å²) in [7, 11) is 0. The minimum atomic E-state index is -4.22. The molecule has 2 nitrogen and oxygen atoms in total. The summed E-state index contributed by atoms with van der Waals surface area (Å²) in [5.41, 5.74) is 0. The number of nitrogens with one attached hydrogen (secondary N) is 1. The molecule has 1 saturated heterocycles. The number of aliphatic hydroxyl groups excluding tert-OH is 1. The minimum absolute atomic E-state index is 0.219. The van der Waals surface area contributed by atoms with Gasteiger partial charge in [-0.15, -0.1) is 0 Å². The Morgan fingerprint density at radius 1 is 1.36 bits per heavy atom. The molecule has 0 bridgehead atoms. The maximum atomic E-state index is 11.9. The van der Waals surface area contributed by atoms with Crippen molar-refractivity contribution in [3.05, 3.63) is 0 Å². The highest BCUT2D eigenvalue weighted by Crippen LogP contribution is 2.25.